The van der Waals surface area contributed by atoms with Crippen molar-refractivity contribution in [1.82, 2.24) is 9.55 Å². The second-order valence-corrected chi connectivity index (χ2v) is 6.17. The van der Waals surface area contributed by atoms with Gasteiger partial charge in [0.2, 0.25) is 5.91 Å². The van der Waals surface area contributed by atoms with Crippen LogP contribution < -0.4 is 11.3 Å². The van der Waals surface area contributed by atoms with Gasteiger partial charge < -0.3 is 5.73 Å². The Morgan fingerprint density at radius 1 is 1.62 bits per heavy atom. The van der Waals surface area contributed by atoms with E-state index >= 15 is 0 Å². The van der Waals surface area contributed by atoms with Crippen LogP contribution in [0, 0.1) is 0 Å². The molecule has 1 atom stereocenters. The number of thioether (sulfide) groups is 1. The molecule has 1 aromatic carbocycles. The molecule has 1 heterocycles. The lowest BCUT2D eigenvalue weighted by molar-refractivity contribution is -0.117. The number of allylic oxidation sites excluding steroid dienone is 1. The van der Waals surface area contributed by atoms with Crippen LogP contribution in [0.15, 0.2) is 40.8 Å². The average Bonchev–Trinajstić information content (AvgIpc) is 2.43. The molecule has 1 amide bonds. The number of amides is 1. The SMILES string of the molecule is C=CCn1c(S[C@H](C)C(N)=O)nc2ccc(Cl)cc2c1=O. The van der Waals surface area contributed by atoms with Gasteiger partial charge in [0.1, 0.15) is 0 Å². The van der Waals surface area contributed by atoms with E-state index < -0.39 is 11.2 Å². The molecule has 2 N–H and O–H groups in total. The molecule has 0 radical (unpaired) electrons. The van der Waals surface area contributed by atoms with Crippen LogP contribution in [-0.2, 0) is 11.3 Å². The van der Waals surface area contributed by atoms with Crippen LogP contribution in [0.5, 0.6) is 0 Å². The zero-order valence-electron chi connectivity index (χ0n) is 11.4. The fourth-order valence-electron chi connectivity index (χ4n) is 1.77. The number of carbonyl (C=O) groups excluding carboxylic acids is 1. The summed E-state index contributed by atoms with van der Waals surface area (Å²) in [5.41, 5.74) is 5.58. The fourth-order valence-corrected chi connectivity index (χ4v) is 2.81. The molecule has 7 heteroatoms. The highest BCUT2D eigenvalue weighted by atomic mass is 35.5. The van der Waals surface area contributed by atoms with E-state index in [0.29, 0.717) is 27.6 Å². The number of nitrogens with zero attached hydrogens (tertiary/aromatic N) is 2. The maximum atomic E-state index is 12.5. The van der Waals surface area contributed by atoms with Crippen LogP contribution in [0.25, 0.3) is 10.9 Å². The third-order valence-corrected chi connectivity index (χ3v) is 4.22. The minimum absolute atomic E-state index is 0.221. The quantitative estimate of drug-likeness (QED) is 0.520. The first-order valence-electron chi connectivity index (χ1n) is 6.21. The molecule has 0 fully saturated rings. The molecular formula is C14H14ClN3O2S. The van der Waals surface area contributed by atoms with Gasteiger partial charge >= 0.3 is 0 Å². The maximum Gasteiger partial charge on any atom is 0.262 e. The van der Waals surface area contributed by atoms with Gasteiger partial charge in [-0.2, -0.15) is 0 Å². The van der Waals surface area contributed by atoms with E-state index in [1.165, 1.54) is 4.57 Å². The lowest BCUT2D eigenvalue weighted by Gasteiger charge is -2.13. The predicted octanol–water partition coefficient (Wildman–Crippen LogP) is 2.20. The summed E-state index contributed by atoms with van der Waals surface area (Å²) in [4.78, 5) is 28.2. The van der Waals surface area contributed by atoms with Gasteiger partial charge in [-0.05, 0) is 25.1 Å². The third-order valence-electron chi connectivity index (χ3n) is 2.88. The summed E-state index contributed by atoms with van der Waals surface area (Å²) in [5.74, 6) is -0.462. The summed E-state index contributed by atoms with van der Waals surface area (Å²) in [7, 11) is 0. The molecule has 0 saturated carbocycles. The zero-order chi connectivity index (χ0) is 15.6. The van der Waals surface area contributed by atoms with Crippen molar-refractivity contribution in [2.75, 3.05) is 0 Å². The van der Waals surface area contributed by atoms with Gasteiger partial charge in [0.25, 0.3) is 5.56 Å². The molecule has 0 unspecified atom stereocenters. The first-order chi connectivity index (χ1) is 9.93. The van der Waals surface area contributed by atoms with Crippen molar-refractivity contribution in [3.05, 3.63) is 46.2 Å². The number of halogens is 1. The van der Waals surface area contributed by atoms with Crippen LogP contribution >= 0.6 is 23.4 Å². The Morgan fingerprint density at radius 3 is 2.95 bits per heavy atom. The van der Waals surface area contributed by atoms with E-state index in [9.17, 15) is 9.59 Å². The molecule has 5 nitrogen and oxygen atoms in total. The number of hydrogen-bond acceptors (Lipinski definition) is 4. The van der Waals surface area contributed by atoms with Crippen molar-refractivity contribution in [1.29, 1.82) is 0 Å². The highest BCUT2D eigenvalue weighted by Gasteiger charge is 2.17. The largest absolute Gasteiger partial charge is 0.369 e. The van der Waals surface area contributed by atoms with E-state index in [1.807, 2.05) is 0 Å². The van der Waals surface area contributed by atoms with Crippen LogP contribution in [0.4, 0.5) is 0 Å². The minimum Gasteiger partial charge on any atom is -0.369 e. The van der Waals surface area contributed by atoms with E-state index in [1.54, 1.807) is 31.2 Å². The fraction of sp³-hybridized carbons (Fsp3) is 0.214. The Bertz CT molecular complexity index is 773. The van der Waals surface area contributed by atoms with Crippen molar-refractivity contribution >= 4 is 40.2 Å². The van der Waals surface area contributed by atoms with Crippen LogP contribution in [0.2, 0.25) is 5.02 Å². The smallest absolute Gasteiger partial charge is 0.262 e. The highest BCUT2D eigenvalue weighted by Crippen LogP contribution is 2.23. The predicted molar refractivity (Wildman–Crippen MR) is 85.7 cm³/mol. The maximum absolute atomic E-state index is 12.5. The Morgan fingerprint density at radius 2 is 2.33 bits per heavy atom. The van der Waals surface area contributed by atoms with Gasteiger partial charge in [0.15, 0.2) is 5.16 Å². The van der Waals surface area contributed by atoms with Crippen molar-refractivity contribution in [2.45, 2.75) is 23.9 Å². The van der Waals surface area contributed by atoms with Gasteiger partial charge in [-0.25, -0.2) is 4.98 Å². The zero-order valence-corrected chi connectivity index (χ0v) is 12.9. The summed E-state index contributed by atoms with van der Waals surface area (Å²) in [5, 5.41) is 0.844. The van der Waals surface area contributed by atoms with Crippen molar-refractivity contribution in [3.8, 4) is 0 Å². The summed E-state index contributed by atoms with van der Waals surface area (Å²) in [6.07, 6.45) is 1.60. The second kappa shape index (κ2) is 6.32. The van der Waals surface area contributed by atoms with E-state index in [4.69, 9.17) is 17.3 Å². The van der Waals surface area contributed by atoms with Crippen molar-refractivity contribution in [2.24, 2.45) is 5.73 Å². The first-order valence-corrected chi connectivity index (χ1v) is 7.46. The number of rotatable bonds is 5. The highest BCUT2D eigenvalue weighted by molar-refractivity contribution is 8.00. The molecule has 0 aliphatic heterocycles. The van der Waals surface area contributed by atoms with E-state index in [2.05, 4.69) is 11.6 Å². The van der Waals surface area contributed by atoms with Gasteiger partial charge in [0, 0.05) is 11.6 Å². The van der Waals surface area contributed by atoms with Crippen LogP contribution in [0.3, 0.4) is 0 Å². The average molecular weight is 324 g/mol. The molecular weight excluding hydrogens is 310 g/mol. The first kappa shape index (κ1) is 15.6. The molecule has 0 saturated heterocycles. The van der Waals surface area contributed by atoms with Gasteiger partial charge in [-0.1, -0.05) is 29.4 Å². The second-order valence-electron chi connectivity index (χ2n) is 4.42. The Balaban J connectivity index is 2.65. The van der Waals surface area contributed by atoms with Gasteiger partial charge in [-0.3, -0.25) is 14.2 Å². The van der Waals surface area contributed by atoms with E-state index in [0.717, 1.165) is 11.8 Å². The van der Waals surface area contributed by atoms with E-state index in [-0.39, 0.29) is 5.56 Å². The lowest BCUT2D eigenvalue weighted by Crippen LogP contribution is -2.27. The van der Waals surface area contributed by atoms with Crippen LogP contribution in [-0.4, -0.2) is 20.7 Å². The number of primary amides is 1. The molecule has 1 aromatic heterocycles. The molecule has 0 spiro atoms. The van der Waals surface area contributed by atoms with Gasteiger partial charge in [-0.15, -0.1) is 6.58 Å². The molecule has 2 rings (SSSR count). The normalized spacial score (nSPS) is 12.3. The number of nitrogens with two attached hydrogens (primary N) is 1. The standard InChI is InChI=1S/C14H14ClN3O2S/c1-3-6-18-13(20)10-7-9(15)4-5-11(10)17-14(18)21-8(2)12(16)19/h3-5,7-8H,1,6H2,2H3,(H2,16,19)/t8-/m1/s1. The number of fused-ring (bicyclic) bond motifs is 1. The summed E-state index contributed by atoms with van der Waals surface area (Å²) >= 11 is 7.07. The van der Waals surface area contributed by atoms with Crippen LogP contribution in [0.1, 0.15) is 6.92 Å². The number of carbonyl (C=O) groups is 1. The molecule has 2 aromatic rings. The number of aromatic nitrogens is 2. The summed E-state index contributed by atoms with van der Waals surface area (Å²) in [6, 6.07) is 4.92. The number of benzene rings is 1. The molecule has 0 aliphatic carbocycles. The monoisotopic (exact) mass is 323 g/mol. The molecule has 110 valence electrons. The Kier molecular flexibility index (Phi) is 4.69. The Hall–Kier alpha value is -1.79. The van der Waals surface area contributed by atoms with Crippen molar-refractivity contribution in [3.63, 3.8) is 0 Å². The third kappa shape index (κ3) is 3.28. The Labute approximate surface area is 130 Å². The molecule has 21 heavy (non-hydrogen) atoms. The summed E-state index contributed by atoms with van der Waals surface area (Å²) in [6.45, 7) is 5.60. The molecule has 0 aliphatic rings. The minimum atomic E-state index is -0.488. The lowest BCUT2D eigenvalue weighted by atomic mass is 10.2. The summed E-state index contributed by atoms with van der Waals surface area (Å²) < 4.78 is 1.45. The topological polar surface area (TPSA) is 78.0 Å². The molecule has 0 bridgehead atoms. The van der Waals surface area contributed by atoms with Gasteiger partial charge in [0.05, 0.1) is 16.2 Å². The number of hydrogen-bond donors (Lipinski definition) is 1. The van der Waals surface area contributed by atoms with Crippen molar-refractivity contribution < 1.29 is 4.79 Å².